The summed E-state index contributed by atoms with van der Waals surface area (Å²) in [5, 5.41) is 8.62. The van der Waals surface area contributed by atoms with Gasteiger partial charge in [-0.2, -0.15) is 5.10 Å². The lowest BCUT2D eigenvalue weighted by atomic mass is 10.3. The van der Waals surface area contributed by atoms with Crippen molar-refractivity contribution < 1.29 is 17.9 Å². The predicted octanol–water partition coefficient (Wildman–Crippen LogP) is 3.78. The highest BCUT2D eigenvalue weighted by atomic mass is 32.2. The van der Waals surface area contributed by atoms with Crippen molar-refractivity contribution in [1.29, 1.82) is 0 Å². The number of ether oxygens (including phenoxy) is 1. The molecule has 0 saturated heterocycles. The molecule has 1 saturated carbocycles. The molecule has 2 heterocycles. The van der Waals surface area contributed by atoms with Gasteiger partial charge in [0.25, 0.3) is 0 Å². The Bertz CT molecular complexity index is 1500. The summed E-state index contributed by atoms with van der Waals surface area (Å²) in [4.78, 5) is 21.5. The molecule has 2 N–H and O–H groups in total. The molecule has 4 aromatic rings. The van der Waals surface area contributed by atoms with Crippen LogP contribution in [0.25, 0.3) is 16.7 Å². The summed E-state index contributed by atoms with van der Waals surface area (Å²) in [6.45, 7) is 0. The van der Waals surface area contributed by atoms with E-state index in [-0.39, 0.29) is 22.6 Å². The van der Waals surface area contributed by atoms with E-state index in [2.05, 4.69) is 25.1 Å². The van der Waals surface area contributed by atoms with Gasteiger partial charge in [-0.1, -0.05) is 24.6 Å². The van der Waals surface area contributed by atoms with Gasteiger partial charge in [0.1, 0.15) is 17.1 Å². The molecule has 10 nitrogen and oxygen atoms in total. The maximum absolute atomic E-state index is 12.6. The predicted molar refractivity (Wildman–Crippen MR) is 142 cm³/mol. The molecule has 0 radical (unpaired) electrons. The van der Waals surface area contributed by atoms with Crippen LogP contribution in [0, 0.1) is 0 Å². The zero-order valence-corrected chi connectivity index (χ0v) is 21.8. The number of nitrogens with one attached hydrogen (secondary N) is 2. The maximum Gasteiger partial charge on any atom is 0.240 e. The second-order valence-corrected chi connectivity index (χ2v) is 11.3. The third-order valence-electron chi connectivity index (χ3n) is 6.11. The number of carbonyl (C=O) groups is 1. The molecule has 37 heavy (non-hydrogen) atoms. The molecular weight excluding hydrogens is 512 g/mol. The van der Waals surface area contributed by atoms with Crippen LogP contribution in [0.1, 0.15) is 25.7 Å². The molecule has 192 valence electrons. The molecule has 0 bridgehead atoms. The van der Waals surface area contributed by atoms with Crippen LogP contribution in [-0.4, -0.2) is 53.0 Å². The largest absolute Gasteiger partial charge is 0.497 e. The highest BCUT2D eigenvalue weighted by Crippen LogP contribution is 2.27. The normalized spacial score (nSPS) is 14.2. The fraction of sp³-hybridized carbons (Fsp3) is 0.280. The summed E-state index contributed by atoms with van der Waals surface area (Å²) in [6, 6.07) is 13.6. The number of anilines is 1. The van der Waals surface area contributed by atoms with Crippen molar-refractivity contribution >= 4 is 44.4 Å². The molecule has 2 aromatic carbocycles. The molecule has 0 atom stereocenters. The number of hydrogen-bond donors (Lipinski definition) is 2. The Kier molecular flexibility index (Phi) is 7.40. The average molecular weight is 539 g/mol. The van der Waals surface area contributed by atoms with Gasteiger partial charge in [0.05, 0.1) is 35.0 Å². The molecule has 1 aliphatic carbocycles. The van der Waals surface area contributed by atoms with Crippen LogP contribution in [0.15, 0.2) is 71.0 Å². The minimum absolute atomic E-state index is 0.00187. The molecular formula is C25H26N6O4S2. The van der Waals surface area contributed by atoms with Crippen molar-refractivity contribution in [2.75, 3.05) is 18.2 Å². The minimum Gasteiger partial charge on any atom is -0.497 e. The standard InChI is InChI=1S/C25H26N6O4S2/c1-35-20-10-8-19(9-11-20)31-24-22(14-28-31)25(27-16-26-24)36-15-23(32)29-17-6-12-21(13-7-17)37(33,34)30-18-4-2-3-5-18/h6-14,16,18,30H,2-5,15H2,1H3,(H,29,32). The van der Waals surface area contributed by atoms with Gasteiger partial charge in [-0.05, 0) is 61.4 Å². The fourth-order valence-corrected chi connectivity index (χ4v) is 6.30. The highest BCUT2D eigenvalue weighted by Gasteiger charge is 2.23. The lowest BCUT2D eigenvalue weighted by Gasteiger charge is -2.13. The molecule has 0 unspecified atom stereocenters. The van der Waals surface area contributed by atoms with Crippen LogP contribution < -0.4 is 14.8 Å². The highest BCUT2D eigenvalue weighted by molar-refractivity contribution is 8.00. The van der Waals surface area contributed by atoms with Gasteiger partial charge in [0.2, 0.25) is 15.9 Å². The summed E-state index contributed by atoms with van der Waals surface area (Å²) >= 11 is 1.27. The number of hydrogen-bond acceptors (Lipinski definition) is 8. The molecule has 5 rings (SSSR count). The third kappa shape index (κ3) is 5.76. The molecule has 0 aliphatic heterocycles. The van der Waals surface area contributed by atoms with Crippen molar-refractivity contribution in [3.8, 4) is 11.4 Å². The number of sulfonamides is 1. The van der Waals surface area contributed by atoms with Crippen LogP contribution in [-0.2, 0) is 14.8 Å². The van der Waals surface area contributed by atoms with E-state index in [0.29, 0.717) is 16.4 Å². The Labute approximate surface area is 218 Å². The number of benzene rings is 2. The van der Waals surface area contributed by atoms with Crippen LogP contribution in [0.3, 0.4) is 0 Å². The Morgan fingerprint density at radius 2 is 1.81 bits per heavy atom. The zero-order chi connectivity index (χ0) is 25.8. The Hall–Kier alpha value is -3.48. The first-order chi connectivity index (χ1) is 17.9. The second-order valence-electron chi connectivity index (χ2n) is 8.63. The Morgan fingerprint density at radius 3 is 2.51 bits per heavy atom. The number of nitrogens with zero attached hydrogens (tertiary/aromatic N) is 4. The van der Waals surface area contributed by atoms with Crippen molar-refractivity contribution in [3.63, 3.8) is 0 Å². The van der Waals surface area contributed by atoms with E-state index in [9.17, 15) is 13.2 Å². The van der Waals surface area contributed by atoms with Gasteiger partial charge in [0, 0.05) is 11.7 Å². The summed E-state index contributed by atoms with van der Waals surface area (Å²) in [6.07, 6.45) is 6.95. The van der Waals surface area contributed by atoms with Gasteiger partial charge in [-0.25, -0.2) is 27.8 Å². The Balaban J connectivity index is 1.21. The summed E-state index contributed by atoms with van der Waals surface area (Å²) in [5.74, 6) is 0.622. The first kappa shape index (κ1) is 25.2. The quantitative estimate of drug-likeness (QED) is 0.243. The van der Waals surface area contributed by atoms with Crippen molar-refractivity contribution in [2.24, 2.45) is 0 Å². The SMILES string of the molecule is COc1ccc(-n2ncc3c(SCC(=O)Nc4ccc(S(=O)(=O)NC5CCCC5)cc4)ncnc32)cc1. The lowest BCUT2D eigenvalue weighted by Crippen LogP contribution is -2.32. The molecule has 1 fully saturated rings. The van der Waals surface area contributed by atoms with Gasteiger partial charge < -0.3 is 10.1 Å². The monoisotopic (exact) mass is 538 g/mol. The van der Waals surface area contributed by atoms with Gasteiger partial charge in [0.15, 0.2) is 5.65 Å². The van der Waals surface area contributed by atoms with E-state index in [4.69, 9.17) is 4.74 Å². The van der Waals surface area contributed by atoms with Crippen LogP contribution in [0.5, 0.6) is 5.75 Å². The van der Waals surface area contributed by atoms with E-state index in [1.165, 1.54) is 30.2 Å². The molecule has 1 aliphatic rings. The zero-order valence-electron chi connectivity index (χ0n) is 20.1. The van der Waals surface area contributed by atoms with Gasteiger partial charge >= 0.3 is 0 Å². The van der Waals surface area contributed by atoms with E-state index < -0.39 is 10.0 Å². The number of amides is 1. The maximum atomic E-state index is 12.6. The van der Waals surface area contributed by atoms with Gasteiger partial charge in [-0.15, -0.1) is 0 Å². The second kappa shape index (κ2) is 10.9. The van der Waals surface area contributed by atoms with Crippen molar-refractivity contribution in [1.82, 2.24) is 24.5 Å². The molecule has 1 amide bonds. The molecule has 0 spiro atoms. The van der Waals surface area contributed by atoms with Crippen LogP contribution >= 0.6 is 11.8 Å². The lowest BCUT2D eigenvalue weighted by molar-refractivity contribution is -0.113. The van der Waals surface area contributed by atoms with E-state index in [1.54, 1.807) is 30.1 Å². The smallest absolute Gasteiger partial charge is 0.240 e. The van der Waals surface area contributed by atoms with E-state index in [1.807, 2.05) is 24.3 Å². The molecule has 12 heteroatoms. The van der Waals surface area contributed by atoms with Crippen molar-refractivity contribution in [2.45, 2.75) is 41.6 Å². The number of carbonyl (C=O) groups excluding carboxylic acids is 1. The summed E-state index contributed by atoms with van der Waals surface area (Å²) < 4.78 is 34.8. The number of thioether (sulfide) groups is 1. The number of aromatic nitrogens is 4. The van der Waals surface area contributed by atoms with Crippen molar-refractivity contribution in [3.05, 3.63) is 61.1 Å². The Morgan fingerprint density at radius 1 is 1.08 bits per heavy atom. The first-order valence-electron chi connectivity index (χ1n) is 11.8. The number of methoxy groups -OCH3 is 1. The number of rotatable bonds is 9. The first-order valence-corrected chi connectivity index (χ1v) is 14.3. The fourth-order valence-electron chi connectivity index (χ4n) is 4.23. The summed E-state index contributed by atoms with van der Waals surface area (Å²) in [5.41, 5.74) is 1.98. The molecule has 2 aromatic heterocycles. The van der Waals surface area contributed by atoms with Gasteiger partial charge in [-0.3, -0.25) is 4.79 Å². The summed E-state index contributed by atoms with van der Waals surface area (Å²) in [7, 11) is -1.96. The van der Waals surface area contributed by atoms with Crippen LogP contribution in [0.2, 0.25) is 0 Å². The van der Waals surface area contributed by atoms with Crippen LogP contribution in [0.4, 0.5) is 5.69 Å². The topological polar surface area (TPSA) is 128 Å². The number of fused-ring (bicyclic) bond motifs is 1. The van der Waals surface area contributed by atoms with E-state index in [0.717, 1.165) is 42.5 Å². The van der Waals surface area contributed by atoms with E-state index >= 15 is 0 Å². The average Bonchev–Trinajstić information content (AvgIpc) is 3.58. The third-order valence-corrected chi connectivity index (χ3v) is 8.65. The minimum atomic E-state index is -3.57.